The van der Waals surface area contributed by atoms with E-state index in [1.807, 2.05) is 0 Å². The predicted molar refractivity (Wildman–Crippen MR) is 141 cm³/mol. The van der Waals surface area contributed by atoms with Gasteiger partial charge in [0.15, 0.2) is 5.69 Å². The lowest BCUT2D eigenvalue weighted by Gasteiger charge is -2.47. The average molecular weight is 555 g/mol. The molecule has 0 spiro atoms. The Balaban J connectivity index is 1.41. The number of anilines is 1. The standard InChI is InChI=1S/C29H22F4N2O3S/c30-23-6-2-1-4-22(23)24(37)16-39-26-25(18-9-13-20(36)14-10-18)35(28(26)38)19-11-7-17(8-12-19)21-5-3-15-34-27(21)29(31,32)33/h1-15,24-26,36-37H,16H2/t24-,25+,26+/m0/s1. The van der Waals surface area contributed by atoms with Crippen molar-refractivity contribution >= 4 is 23.4 Å². The molecule has 0 aliphatic carbocycles. The summed E-state index contributed by atoms with van der Waals surface area (Å²) in [6.07, 6.45) is -4.66. The van der Waals surface area contributed by atoms with Gasteiger partial charge in [-0.2, -0.15) is 13.2 Å². The van der Waals surface area contributed by atoms with Crippen LogP contribution in [0.4, 0.5) is 23.2 Å². The molecule has 200 valence electrons. The molecule has 0 radical (unpaired) electrons. The minimum atomic E-state index is -4.62. The second-order valence-corrected chi connectivity index (χ2v) is 10.2. The van der Waals surface area contributed by atoms with Crippen molar-refractivity contribution in [3.8, 4) is 16.9 Å². The summed E-state index contributed by atoms with van der Waals surface area (Å²) in [5.41, 5.74) is 0.569. The first-order valence-electron chi connectivity index (χ1n) is 11.9. The van der Waals surface area contributed by atoms with E-state index in [2.05, 4.69) is 4.98 Å². The molecule has 2 heterocycles. The van der Waals surface area contributed by atoms with Gasteiger partial charge in [-0.1, -0.05) is 48.5 Å². The second kappa shape index (κ2) is 10.7. The number of carbonyl (C=O) groups excluding carboxylic acids is 1. The van der Waals surface area contributed by atoms with Crippen LogP contribution >= 0.6 is 11.8 Å². The predicted octanol–water partition coefficient (Wildman–Crippen LogP) is 6.54. The Labute approximate surface area is 225 Å². The molecule has 5 nitrogen and oxygen atoms in total. The van der Waals surface area contributed by atoms with Crippen LogP contribution in [-0.2, 0) is 11.0 Å². The summed E-state index contributed by atoms with van der Waals surface area (Å²) >= 11 is 1.19. The van der Waals surface area contributed by atoms with Gasteiger partial charge in [0.05, 0.1) is 12.1 Å². The number of aromatic nitrogens is 1. The fourth-order valence-electron chi connectivity index (χ4n) is 4.60. The molecule has 1 amide bonds. The molecule has 0 bridgehead atoms. The first-order chi connectivity index (χ1) is 18.6. The molecule has 0 unspecified atom stereocenters. The third-order valence-corrected chi connectivity index (χ3v) is 7.84. The highest BCUT2D eigenvalue weighted by atomic mass is 32.2. The minimum absolute atomic E-state index is 0.0522. The lowest BCUT2D eigenvalue weighted by Crippen LogP contribution is -2.57. The number of phenolic OH excluding ortho intramolecular Hbond substituents is 1. The Kier molecular flexibility index (Phi) is 7.33. The number of β-lactam (4-membered cyclic amide) rings is 1. The molecule has 5 rings (SSSR count). The first-order valence-corrected chi connectivity index (χ1v) is 13.0. The van der Waals surface area contributed by atoms with Crippen LogP contribution in [0.3, 0.4) is 0 Å². The van der Waals surface area contributed by atoms with Crippen molar-refractivity contribution in [2.75, 3.05) is 10.7 Å². The number of aromatic hydroxyl groups is 1. The Bertz CT molecular complexity index is 1480. The number of aliphatic hydroxyl groups is 1. The molecule has 39 heavy (non-hydrogen) atoms. The first kappa shape index (κ1) is 26.7. The van der Waals surface area contributed by atoms with Crippen LogP contribution in [0.15, 0.2) is 91.1 Å². The van der Waals surface area contributed by atoms with Crippen molar-refractivity contribution in [3.05, 3.63) is 114 Å². The molecule has 3 aromatic carbocycles. The number of pyridine rings is 1. The summed E-state index contributed by atoms with van der Waals surface area (Å²) in [6, 6.07) is 20.7. The van der Waals surface area contributed by atoms with E-state index in [-0.39, 0.29) is 28.5 Å². The minimum Gasteiger partial charge on any atom is -0.508 e. The maximum atomic E-state index is 14.1. The molecule has 1 fully saturated rings. The zero-order chi connectivity index (χ0) is 27.7. The van der Waals surface area contributed by atoms with Gasteiger partial charge in [-0.3, -0.25) is 9.78 Å². The molecular formula is C29H22F4N2O3S. The van der Waals surface area contributed by atoms with E-state index in [0.29, 0.717) is 11.3 Å². The molecule has 3 atom stereocenters. The number of aliphatic hydroxyl groups excluding tert-OH is 1. The number of carbonyl (C=O) groups is 1. The summed E-state index contributed by atoms with van der Waals surface area (Å²) in [5.74, 6) is -0.676. The third-order valence-electron chi connectivity index (χ3n) is 6.51. The number of phenols is 1. The van der Waals surface area contributed by atoms with Crippen molar-refractivity contribution in [2.24, 2.45) is 0 Å². The highest BCUT2D eigenvalue weighted by molar-refractivity contribution is 8.00. The number of thioether (sulfide) groups is 1. The van der Waals surface area contributed by atoms with Gasteiger partial charge in [0.25, 0.3) is 0 Å². The molecular weight excluding hydrogens is 532 g/mol. The van der Waals surface area contributed by atoms with Gasteiger partial charge in [0.1, 0.15) is 16.8 Å². The summed E-state index contributed by atoms with van der Waals surface area (Å²) in [4.78, 5) is 18.3. The van der Waals surface area contributed by atoms with Gasteiger partial charge in [-0.25, -0.2) is 4.39 Å². The largest absolute Gasteiger partial charge is 0.508 e. The second-order valence-electron chi connectivity index (χ2n) is 8.98. The zero-order valence-corrected chi connectivity index (χ0v) is 21.0. The van der Waals surface area contributed by atoms with E-state index in [0.717, 1.165) is 11.8 Å². The van der Waals surface area contributed by atoms with Crippen LogP contribution < -0.4 is 4.90 Å². The molecule has 1 aromatic heterocycles. The Hall–Kier alpha value is -3.89. The van der Waals surface area contributed by atoms with E-state index in [1.165, 1.54) is 71.3 Å². The van der Waals surface area contributed by atoms with Gasteiger partial charge < -0.3 is 15.1 Å². The van der Waals surface area contributed by atoms with E-state index < -0.39 is 35.1 Å². The number of alkyl halides is 3. The summed E-state index contributed by atoms with van der Waals surface area (Å²) < 4.78 is 54.5. The van der Waals surface area contributed by atoms with Crippen LogP contribution in [0.1, 0.15) is 29.0 Å². The van der Waals surface area contributed by atoms with Gasteiger partial charge in [0, 0.05) is 28.8 Å². The number of benzene rings is 3. The van der Waals surface area contributed by atoms with Crippen LogP contribution in [0.5, 0.6) is 5.75 Å². The molecule has 10 heteroatoms. The Morgan fingerprint density at radius 3 is 2.31 bits per heavy atom. The van der Waals surface area contributed by atoms with E-state index >= 15 is 0 Å². The van der Waals surface area contributed by atoms with Crippen molar-refractivity contribution < 1.29 is 32.6 Å². The van der Waals surface area contributed by atoms with Crippen LogP contribution in [0, 0.1) is 5.82 Å². The van der Waals surface area contributed by atoms with E-state index in [9.17, 15) is 32.6 Å². The molecule has 2 N–H and O–H groups in total. The average Bonchev–Trinajstić information content (AvgIpc) is 2.92. The van der Waals surface area contributed by atoms with Crippen LogP contribution in [0.2, 0.25) is 0 Å². The smallest absolute Gasteiger partial charge is 0.433 e. The molecule has 1 aliphatic heterocycles. The monoisotopic (exact) mass is 554 g/mol. The number of hydrogen-bond donors (Lipinski definition) is 2. The van der Waals surface area contributed by atoms with Gasteiger partial charge in [-0.15, -0.1) is 11.8 Å². The third kappa shape index (κ3) is 5.35. The summed E-state index contributed by atoms with van der Waals surface area (Å²) in [5, 5.41) is 19.7. The van der Waals surface area contributed by atoms with Gasteiger partial charge in [0.2, 0.25) is 5.91 Å². The Morgan fingerprint density at radius 2 is 1.64 bits per heavy atom. The number of hydrogen-bond acceptors (Lipinski definition) is 5. The molecule has 1 saturated heterocycles. The van der Waals surface area contributed by atoms with Gasteiger partial charge in [-0.05, 0) is 47.5 Å². The number of halogens is 4. The summed E-state index contributed by atoms with van der Waals surface area (Å²) in [6.45, 7) is 0. The topological polar surface area (TPSA) is 73.7 Å². The highest BCUT2D eigenvalue weighted by Gasteiger charge is 2.49. The molecule has 0 saturated carbocycles. The SMILES string of the molecule is O=C1[C@H](SC[C@H](O)c2ccccc2F)[C@@H](c2ccc(O)cc2)N1c1ccc(-c2cccnc2C(F)(F)F)cc1. The number of nitrogens with zero attached hydrogens (tertiary/aromatic N) is 2. The number of rotatable bonds is 7. The zero-order valence-electron chi connectivity index (χ0n) is 20.2. The molecule has 1 aliphatic rings. The Morgan fingerprint density at radius 1 is 0.949 bits per heavy atom. The van der Waals surface area contributed by atoms with E-state index in [1.54, 1.807) is 30.3 Å². The normalized spacial score (nSPS) is 18.1. The maximum Gasteiger partial charge on any atom is 0.433 e. The van der Waals surface area contributed by atoms with Crippen LogP contribution in [0.25, 0.3) is 11.1 Å². The lowest BCUT2D eigenvalue weighted by molar-refractivity contribution is -0.140. The van der Waals surface area contributed by atoms with Crippen molar-refractivity contribution in [1.82, 2.24) is 4.98 Å². The lowest BCUT2D eigenvalue weighted by atomic mass is 9.91. The fraction of sp³-hybridized carbons (Fsp3) is 0.172. The fourth-order valence-corrected chi connectivity index (χ4v) is 5.89. The molecule has 4 aromatic rings. The van der Waals surface area contributed by atoms with E-state index in [4.69, 9.17) is 0 Å². The quantitative estimate of drug-likeness (QED) is 0.201. The van der Waals surface area contributed by atoms with Crippen molar-refractivity contribution in [3.63, 3.8) is 0 Å². The highest BCUT2D eigenvalue weighted by Crippen LogP contribution is 2.47. The summed E-state index contributed by atoms with van der Waals surface area (Å²) in [7, 11) is 0. The maximum absolute atomic E-state index is 14.1. The van der Waals surface area contributed by atoms with Crippen molar-refractivity contribution in [1.29, 1.82) is 0 Å². The van der Waals surface area contributed by atoms with Gasteiger partial charge >= 0.3 is 6.18 Å². The van der Waals surface area contributed by atoms with Crippen LogP contribution in [-0.4, -0.2) is 32.1 Å². The number of amides is 1. The van der Waals surface area contributed by atoms with Crippen molar-refractivity contribution in [2.45, 2.75) is 23.6 Å².